The number of rotatable bonds is 6. The molecule has 40 heavy (non-hydrogen) atoms. The minimum Gasteiger partial charge on any atom is -0.464 e. The van der Waals surface area contributed by atoms with Gasteiger partial charge in [0.15, 0.2) is 0 Å². The molecule has 3 heterocycles. The maximum absolute atomic E-state index is 13.0. The number of carbonyl (C=O) groups excluding carboxylic acids is 2. The van der Waals surface area contributed by atoms with E-state index >= 15 is 0 Å². The molecule has 0 saturated heterocycles. The van der Waals surface area contributed by atoms with Crippen LogP contribution in [0, 0.1) is 11.8 Å². The first-order valence-electron chi connectivity index (χ1n) is 13.8. The molecule has 0 spiro atoms. The number of aryl methyl sites for hydroxylation is 1. The van der Waals surface area contributed by atoms with Gasteiger partial charge < -0.3 is 10.8 Å². The van der Waals surface area contributed by atoms with Crippen LogP contribution in [0.5, 0.6) is 0 Å². The molecule has 0 radical (unpaired) electrons. The molecule has 2 amide bonds. The highest BCUT2D eigenvalue weighted by Crippen LogP contribution is 2.52. The van der Waals surface area contributed by atoms with Gasteiger partial charge in [-0.1, -0.05) is 30.3 Å². The minimum atomic E-state index is -1.13. The van der Waals surface area contributed by atoms with Gasteiger partial charge >= 0.3 is 6.09 Å². The smallest absolute Gasteiger partial charge is 0.417 e. The predicted octanol–water partition coefficient (Wildman–Crippen LogP) is 4.55. The van der Waals surface area contributed by atoms with Crippen molar-refractivity contribution < 1.29 is 19.5 Å². The quantitative estimate of drug-likeness (QED) is 0.346. The molecule has 7 rings (SSSR count). The van der Waals surface area contributed by atoms with Crippen LogP contribution in [0.4, 0.5) is 4.79 Å². The van der Waals surface area contributed by atoms with E-state index in [0.29, 0.717) is 41.0 Å². The molecule has 1 saturated carbocycles. The van der Waals surface area contributed by atoms with Crippen LogP contribution in [0.15, 0.2) is 66.9 Å². The standard InChI is InChI=1S/C31H29N5O4/c32-31(23-11-5-7-18-8-6-14-33-26(18)23,29-34-24-12-3-4-13-25(24)36(29)30(39)40)16-19-15-20(19)17-35-27(37)21-9-1-2-10-22(21)28(35)38/h1-4,6,8-10,12-14,19-20,23H,5,7,11,15-17,32H2,(H,39,40)/t19-,20-,23?,31-/m0/s1. The number of carboxylic acid groups (broad SMARTS) is 1. The Bertz CT molecular complexity index is 1660. The van der Waals surface area contributed by atoms with E-state index in [1.54, 1.807) is 48.7 Å². The number of carbonyl (C=O) groups is 3. The number of imide groups is 1. The Labute approximate surface area is 230 Å². The van der Waals surface area contributed by atoms with E-state index in [1.165, 1.54) is 9.47 Å². The number of imidazole rings is 1. The molecule has 3 aliphatic rings. The number of nitrogens with zero attached hydrogens (tertiary/aromatic N) is 4. The van der Waals surface area contributed by atoms with E-state index < -0.39 is 11.6 Å². The summed E-state index contributed by atoms with van der Waals surface area (Å²) in [6.45, 7) is 0.321. The summed E-state index contributed by atoms with van der Waals surface area (Å²) >= 11 is 0. The number of para-hydroxylation sites is 2. The lowest BCUT2D eigenvalue weighted by Crippen LogP contribution is -2.48. The Hall–Kier alpha value is -4.37. The number of hydrogen-bond donors (Lipinski definition) is 2. The number of amides is 2. The Balaban J connectivity index is 1.25. The highest BCUT2D eigenvalue weighted by molar-refractivity contribution is 6.21. The molecular weight excluding hydrogens is 506 g/mol. The third-order valence-corrected chi connectivity index (χ3v) is 8.95. The zero-order valence-corrected chi connectivity index (χ0v) is 21.9. The number of pyridine rings is 1. The van der Waals surface area contributed by atoms with Crippen LogP contribution < -0.4 is 5.73 Å². The Morgan fingerprint density at radius 1 is 1.00 bits per heavy atom. The number of fused-ring (bicyclic) bond motifs is 3. The summed E-state index contributed by atoms with van der Waals surface area (Å²) in [5.41, 5.74) is 10.3. The summed E-state index contributed by atoms with van der Waals surface area (Å²) in [5.74, 6) is -0.249. The van der Waals surface area contributed by atoms with E-state index in [4.69, 9.17) is 15.7 Å². The average molecular weight is 536 g/mol. The second kappa shape index (κ2) is 9.09. The first-order valence-corrected chi connectivity index (χ1v) is 13.8. The SMILES string of the molecule is N[C@](C[C@@H]1C[C@H]1CN1C(=O)c2ccccc2C1=O)(c1nc2ccccc2n1C(=O)O)C1CCCc2cccnc21. The Kier molecular flexibility index (Phi) is 5.60. The van der Waals surface area contributed by atoms with Gasteiger partial charge in [0.25, 0.3) is 11.8 Å². The molecule has 1 unspecified atom stereocenters. The lowest BCUT2D eigenvalue weighted by atomic mass is 9.71. The lowest BCUT2D eigenvalue weighted by molar-refractivity contribution is 0.0643. The van der Waals surface area contributed by atoms with Crippen LogP contribution in [0.1, 0.15) is 69.4 Å². The Morgan fingerprint density at radius 2 is 1.73 bits per heavy atom. The maximum atomic E-state index is 13.0. The van der Waals surface area contributed by atoms with Crippen molar-refractivity contribution in [1.82, 2.24) is 19.4 Å². The van der Waals surface area contributed by atoms with Crippen LogP contribution in [-0.4, -0.2) is 49.0 Å². The van der Waals surface area contributed by atoms with Crippen LogP contribution in [0.3, 0.4) is 0 Å². The van der Waals surface area contributed by atoms with Crippen molar-refractivity contribution in [2.24, 2.45) is 17.6 Å². The van der Waals surface area contributed by atoms with E-state index in [-0.39, 0.29) is 29.6 Å². The van der Waals surface area contributed by atoms with E-state index in [0.717, 1.165) is 36.9 Å². The largest absolute Gasteiger partial charge is 0.464 e. The molecule has 1 aliphatic heterocycles. The van der Waals surface area contributed by atoms with Crippen molar-refractivity contribution in [2.75, 3.05) is 6.54 Å². The highest BCUT2D eigenvalue weighted by Gasteiger charge is 2.52. The molecular formula is C31H29N5O4. The zero-order valence-electron chi connectivity index (χ0n) is 21.9. The van der Waals surface area contributed by atoms with Crippen molar-refractivity contribution in [3.05, 3.63) is 95.1 Å². The van der Waals surface area contributed by atoms with Crippen LogP contribution in [-0.2, 0) is 12.0 Å². The predicted molar refractivity (Wildman–Crippen MR) is 147 cm³/mol. The van der Waals surface area contributed by atoms with Crippen LogP contribution in [0.25, 0.3) is 11.0 Å². The summed E-state index contributed by atoms with van der Waals surface area (Å²) in [6.07, 6.45) is 4.47. The van der Waals surface area contributed by atoms with Crippen molar-refractivity contribution in [1.29, 1.82) is 0 Å². The maximum Gasteiger partial charge on any atom is 0.417 e. The molecule has 2 aromatic heterocycles. The van der Waals surface area contributed by atoms with Crippen molar-refractivity contribution in [3.63, 3.8) is 0 Å². The highest BCUT2D eigenvalue weighted by atomic mass is 16.4. The average Bonchev–Trinajstić information content (AvgIpc) is 3.48. The summed E-state index contributed by atoms with van der Waals surface area (Å²) < 4.78 is 1.23. The molecule has 9 heteroatoms. The zero-order chi connectivity index (χ0) is 27.6. The topological polar surface area (TPSA) is 131 Å². The van der Waals surface area contributed by atoms with Gasteiger partial charge in [-0.25, -0.2) is 14.3 Å². The normalized spacial score (nSPS) is 23.1. The minimum absolute atomic E-state index is 0.0830. The second-order valence-corrected chi connectivity index (χ2v) is 11.3. The van der Waals surface area contributed by atoms with Gasteiger partial charge in [0, 0.05) is 24.4 Å². The van der Waals surface area contributed by atoms with Crippen LogP contribution in [0.2, 0.25) is 0 Å². The van der Waals surface area contributed by atoms with Crippen molar-refractivity contribution in [3.8, 4) is 0 Å². The van der Waals surface area contributed by atoms with E-state index in [2.05, 4.69) is 6.07 Å². The van der Waals surface area contributed by atoms with Gasteiger partial charge in [-0.05, 0) is 79.8 Å². The fourth-order valence-corrected chi connectivity index (χ4v) is 6.89. The fourth-order valence-electron chi connectivity index (χ4n) is 6.89. The van der Waals surface area contributed by atoms with Gasteiger partial charge in [0.2, 0.25) is 0 Å². The van der Waals surface area contributed by atoms with Crippen molar-refractivity contribution in [2.45, 2.75) is 43.6 Å². The summed E-state index contributed by atoms with van der Waals surface area (Å²) in [4.78, 5) is 49.5. The van der Waals surface area contributed by atoms with Gasteiger partial charge in [-0.3, -0.25) is 19.5 Å². The third kappa shape index (κ3) is 3.76. The van der Waals surface area contributed by atoms with Gasteiger partial charge in [0.1, 0.15) is 5.82 Å². The summed E-state index contributed by atoms with van der Waals surface area (Å²) in [6, 6.07) is 18.1. The van der Waals surface area contributed by atoms with E-state index in [1.807, 2.05) is 12.1 Å². The van der Waals surface area contributed by atoms with E-state index in [9.17, 15) is 19.5 Å². The molecule has 2 aliphatic carbocycles. The second-order valence-electron chi connectivity index (χ2n) is 11.3. The summed E-state index contributed by atoms with van der Waals surface area (Å²) in [7, 11) is 0. The molecule has 1 fully saturated rings. The Morgan fingerprint density at radius 3 is 2.48 bits per heavy atom. The molecule has 9 nitrogen and oxygen atoms in total. The summed E-state index contributed by atoms with van der Waals surface area (Å²) in [5, 5.41) is 10.3. The molecule has 0 bridgehead atoms. The van der Waals surface area contributed by atoms with Crippen LogP contribution >= 0.6 is 0 Å². The van der Waals surface area contributed by atoms with Gasteiger partial charge in [0.05, 0.1) is 27.7 Å². The molecule has 3 N–H and O–H groups in total. The first-order chi connectivity index (χ1) is 19.4. The van der Waals surface area contributed by atoms with Crippen molar-refractivity contribution >= 4 is 28.9 Å². The van der Waals surface area contributed by atoms with Gasteiger partial charge in [-0.2, -0.15) is 0 Å². The molecule has 202 valence electrons. The number of hydrogen-bond acceptors (Lipinski definition) is 6. The fraction of sp³-hybridized carbons (Fsp3) is 0.323. The first kappa shape index (κ1) is 24.7. The molecule has 4 aromatic rings. The number of benzene rings is 2. The monoisotopic (exact) mass is 535 g/mol. The lowest BCUT2D eigenvalue weighted by Gasteiger charge is -2.39. The molecule has 4 atom stereocenters. The third-order valence-electron chi connectivity index (χ3n) is 8.95. The van der Waals surface area contributed by atoms with Gasteiger partial charge in [-0.15, -0.1) is 0 Å². The molecule has 2 aromatic carbocycles. The number of aromatic nitrogens is 3. The number of nitrogens with two attached hydrogens (primary N) is 1.